The van der Waals surface area contributed by atoms with E-state index < -0.39 is 0 Å². The van der Waals surface area contributed by atoms with Crippen LogP contribution in [-0.2, 0) is 0 Å². The molecule has 0 saturated carbocycles. The molecule has 2 rings (SSSR count). The lowest BCUT2D eigenvalue weighted by molar-refractivity contribution is 0.199. The standard InChI is InChI=1S/C17H29N3OS/c1-13(2)10-15(16-6-5-9-22-16)18-17(21)20-8-7-14(12-20)11-19(3)4/h5-6,9,13-15H,7-8,10-12H2,1-4H3,(H,18,21)/t14-,15-/m0/s1. The van der Waals surface area contributed by atoms with Crippen LogP contribution in [0.2, 0.25) is 0 Å². The van der Waals surface area contributed by atoms with E-state index >= 15 is 0 Å². The Bertz CT molecular complexity index is 458. The monoisotopic (exact) mass is 323 g/mol. The van der Waals surface area contributed by atoms with Crippen molar-refractivity contribution in [1.29, 1.82) is 0 Å². The van der Waals surface area contributed by atoms with Crippen LogP contribution >= 0.6 is 11.3 Å². The SMILES string of the molecule is CC(C)C[C@H](NC(=O)N1CC[C@@H](CN(C)C)C1)c1cccs1. The minimum absolute atomic E-state index is 0.0975. The third kappa shape index (κ3) is 4.99. The van der Waals surface area contributed by atoms with Gasteiger partial charge < -0.3 is 15.1 Å². The summed E-state index contributed by atoms with van der Waals surface area (Å²) in [5, 5.41) is 5.33. The number of thiophene rings is 1. The first-order valence-electron chi connectivity index (χ1n) is 8.19. The third-order valence-corrected chi connectivity index (χ3v) is 5.07. The Balaban J connectivity index is 1.91. The zero-order chi connectivity index (χ0) is 16.1. The normalized spacial score (nSPS) is 19.9. The molecule has 2 heterocycles. The second-order valence-corrected chi connectivity index (χ2v) is 7.99. The molecule has 1 aliphatic rings. The van der Waals surface area contributed by atoms with Gasteiger partial charge in [-0.2, -0.15) is 0 Å². The third-order valence-electron chi connectivity index (χ3n) is 4.09. The summed E-state index contributed by atoms with van der Waals surface area (Å²) in [6.45, 7) is 7.22. The van der Waals surface area contributed by atoms with E-state index in [9.17, 15) is 4.79 Å². The van der Waals surface area contributed by atoms with Gasteiger partial charge in [0.15, 0.2) is 0 Å². The van der Waals surface area contributed by atoms with Crippen molar-refractivity contribution in [2.45, 2.75) is 32.7 Å². The zero-order valence-corrected chi connectivity index (χ0v) is 15.0. The molecule has 4 nitrogen and oxygen atoms in total. The second-order valence-electron chi connectivity index (χ2n) is 7.01. The van der Waals surface area contributed by atoms with Crippen LogP contribution in [-0.4, -0.2) is 49.6 Å². The van der Waals surface area contributed by atoms with Gasteiger partial charge in [0.2, 0.25) is 0 Å². The first kappa shape index (κ1) is 17.3. The zero-order valence-electron chi connectivity index (χ0n) is 14.2. The average Bonchev–Trinajstić information content (AvgIpc) is 3.07. The summed E-state index contributed by atoms with van der Waals surface area (Å²) in [5.41, 5.74) is 0. The Kier molecular flexibility index (Phi) is 6.26. The smallest absolute Gasteiger partial charge is 0.317 e. The highest BCUT2D eigenvalue weighted by Crippen LogP contribution is 2.26. The van der Waals surface area contributed by atoms with Crippen LogP contribution in [0.15, 0.2) is 17.5 Å². The summed E-state index contributed by atoms with van der Waals surface area (Å²) >= 11 is 1.73. The Hall–Kier alpha value is -1.07. The minimum atomic E-state index is 0.0975. The number of nitrogens with one attached hydrogen (secondary N) is 1. The highest BCUT2D eigenvalue weighted by Gasteiger charge is 2.28. The maximum absolute atomic E-state index is 12.6. The molecule has 0 spiro atoms. The molecule has 5 heteroatoms. The van der Waals surface area contributed by atoms with Crippen molar-refractivity contribution >= 4 is 17.4 Å². The topological polar surface area (TPSA) is 35.6 Å². The van der Waals surface area contributed by atoms with Crippen LogP contribution in [0.5, 0.6) is 0 Å². The summed E-state index contributed by atoms with van der Waals surface area (Å²) in [7, 11) is 4.19. The van der Waals surface area contributed by atoms with E-state index in [1.54, 1.807) is 11.3 Å². The summed E-state index contributed by atoms with van der Waals surface area (Å²) in [5.74, 6) is 1.17. The summed E-state index contributed by atoms with van der Waals surface area (Å²) in [6, 6.07) is 4.42. The Morgan fingerprint density at radius 1 is 1.50 bits per heavy atom. The van der Waals surface area contributed by atoms with Gasteiger partial charge in [-0.15, -0.1) is 11.3 Å². The number of nitrogens with zero attached hydrogens (tertiary/aromatic N) is 2. The molecule has 2 amide bonds. The van der Waals surface area contributed by atoms with Crippen LogP contribution in [0.3, 0.4) is 0 Å². The molecule has 1 saturated heterocycles. The maximum Gasteiger partial charge on any atom is 0.317 e. The van der Waals surface area contributed by atoms with Gasteiger partial charge in [-0.05, 0) is 50.2 Å². The van der Waals surface area contributed by atoms with Crippen molar-refractivity contribution in [1.82, 2.24) is 15.1 Å². The minimum Gasteiger partial charge on any atom is -0.330 e. The van der Waals surface area contributed by atoms with Crippen molar-refractivity contribution in [2.24, 2.45) is 11.8 Å². The fraction of sp³-hybridized carbons (Fsp3) is 0.706. The maximum atomic E-state index is 12.6. The number of carbonyl (C=O) groups excluding carboxylic acids is 1. The summed E-state index contributed by atoms with van der Waals surface area (Å²) < 4.78 is 0. The van der Waals surface area contributed by atoms with Crippen LogP contribution in [0.25, 0.3) is 0 Å². The second kappa shape index (κ2) is 7.97. The van der Waals surface area contributed by atoms with E-state index in [4.69, 9.17) is 0 Å². The molecule has 0 aromatic carbocycles. The number of rotatable bonds is 6. The number of hydrogen-bond acceptors (Lipinski definition) is 3. The van der Waals surface area contributed by atoms with Gasteiger partial charge >= 0.3 is 6.03 Å². The van der Waals surface area contributed by atoms with Crippen molar-refractivity contribution in [3.8, 4) is 0 Å². The molecule has 1 fully saturated rings. The van der Waals surface area contributed by atoms with Crippen LogP contribution in [0, 0.1) is 11.8 Å². The molecule has 0 aliphatic carbocycles. The molecule has 2 atom stereocenters. The quantitative estimate of drug-likeness (QED) is 0.870. The van der Waals surface area contributed by atoms with E-state index in [-0.39, 0.29) is 12.1 Å². The molecule has 1 N–H and O–H groups in total. The van der Waals surface area contributed by atoms with E-state index in [0.717, 1.165) is 32.5 Å². The van der Waals surface area contributed by atoms with Crippen LogP contribution in [0.4, 0.5) is 4.79 Å². The Labute approximate surface area is 138 Å². The largest absolute Gasteiger partial charge is 0.330 e. The lowest BCUT2D eigenvalue weighted by Gasteiger charge is -2.24. The van der Waals surface area contributed by atoms with Gasteiger partial charge in [-0.3, -0.25) is 0 Å². The Morgan fingerprint density at radius 2 is 2.27 bits per heavy atom. The number of likely N-dealkylation sites (tertiary alicyclic amines) is 1. The molecule has 1 aromatic rings. The van der Waals surface area contributed by atoms with Gasteiger partial charge in [-0.25, -0.2) is 4.79 Å². The average molecular weight is 324 g/mol. The van der Waals surface area contributed by atoms with Crippen LogP contribution in [0.1, 0.15) is 37.6 Å². The van der Waals surface area contributed by atoms with Crippen LogP contribution < -0.4 is 5.32 Å². The fourth-order valence-electron chi connectivity index (χ4n) is 3.13. The summed E-state index contributed by atoms with van der Waals surface area (Å²) in [6.07, 6.45) is 2.10. The molecular weight excluding hydrogens is 294 g/mol. The first-order valence-corrected chi connectivity index (χ1v) is 9.07. The number of hydrogen-bond donors (Lipinski definition) is 1. The van der Waals surface area contributed by atoms with Gasteiger partial charge in [0.05, 0.1) is 6.04 Å². The molecule has 0 bridgehead atoms. The Morgan fingerprint density at radius 3 is 2.86 bits per heavy atom. The molecule has 1 aromatic heterocycles. The molecule has 1 aliphatic heterocycles. The predicted molar refractivity (Wildman–Crippen MR) is 93.3 cm³/mol. The van der Waals surface area contributed by atoms with Gasteiger partial charge in [-0.1, -0.05) is 19.9 Å². The van der Waals surface area contributed by atoms with Crippen molar-refractivity contribution in [3.63, 3.8) is 0 Å². The van der Waals surface area contributed by atoms with E-state index in [1.165, 1.54) is 4.88 Å². The van der Waals surface area contributed by atoms with Gasteiger partial charge in [0.1, 0.15) is 0 Å². The highest BCUT2D eigenvalue weighted by atomic mass is 32.1. The van der Waals surface area contributed by atoms with E-state index in [0.29, 0.717) is 11.8 Å². The van der Waals surface area contributed by atoms with Crippen molar-refractivity contribution in [3.05, 3.63) is 22.4 Å². The van der Waals surface area contributed by atoms with Crippen molar-refractivity contribution in [2.75, 3.05) is 33.7 Å². The molecule has 22 heavy (non-hydrogen) atoms. The highest BCUT2D eigenvalue weighted by molar-refractivity contribution is 7.10. The lowest BCUT2D eigenvalue weighted by Crippen LogP contribution is -2.41. The predicted octanol–water partition coefficient (Wildman–Crippen LogP) is 3.43. The number of carbonyl (C=O) groups is 1. The van der Waals surface area contributed by atoms with E-state index in [1.807, 2.05) is 4.90 Å². The molecule has 0 radical (unpaired) electrons. The van der Waals surface area contributed by atoms with Gasteiger partial charge in [0, 0.05) is 24.5 Å². The lowest BCUT2D eigenvalue weighted by atomic mass is 10.0. The molecule has 0 unspecified atom stereocenters. The van der Waals surface area contributed by atoms with Gasteiger partial charge in [0.25, 0.3) is 0 Å². The molecule has 124 valence electrons. The molecular formula is C17H29N3OS. The summed E-state index contributed by atoms with van der Waals surface area (Å²) in [4.78, 5) is 18.0. The van der Waals surface area contributed by atoms with Crippen molar-refractivity contribution < 1.29 is 4.79 Å². The number of urea groups is 1. The van der Waals surface area contributed by atoms with E-state index in [2.05, 4.69) is 55.7 Å². The fourth-order valence-corrected chi connectivity index (χ4v) is 3.92. The number of amides is 2. The first-order chi connectivity index (χ1) is 10.5.